The predicted octanol–water partition coefficient (Wildman–Crippen LogP) is 3.02. The maximum Gasteiger partial charge on any atom is 0.320 e. The minimum absolute atomic E-state index is 0.112. The Bertz CT molecular complexity index is 1010. The van der Waals surface area contributed by atoms with Crippen LogP contribution >= 0.6 is 0 Å². The number of anilines is 1. The molecule has 1 aromatic rings. The van der Waals surface area contributed by atoms with Gasteiger partial charge in [0.2, 0.25) is 0 Å². The van der Waals surface area contributed by atoms with Gasteiger partial charge in [-0.05, 0) is 80.0 Å². The number of esters is 3. The molecule has 2 N–H and O–H groups in total. The van der Waals surface area contributed by atoms with E-state index in [1.807, 2.05) is 91.5 Å². The van der Waals surface area contributed by atoms with Gasteiger partial charge in [-0.25, -0.2) is 0 Å². The Kier molecular flexibility index (Phi) is 14.1. The highest BCUT2D eigenvalue weighted by Crippen LogP contribution is 2.13. The van der Waals surface area contributed by atoms with Crippen molar-refractivity contribution in [2.24, 2.45) is 0 Å². The van der Waals surface area contributed by atoms with Crippen LogP contribution in [-0.2, 0) is 35.1 Å². The quantitative estimate of drug-likeness (QED) is 0.263. The Labute approximate surface area is 264 Å². The molecule has 2 rings (SSSR count). The van der Waals surface area contributed by atoms with Crippen LogP contribution in [0.15, 0.2) is 24.3 Å². The summed E-state index contributed by atoms with van der Waals surface area (Å²) in [4.78, 5) is 47.0. The number of carbonyl (C=O) groups is 3. The van der Waals surface area contributed by atoms with Crippen molar-refractivity contribution in [2.75, 3.05) is 77.7 Å². The fraction of sp³-hybridized carbons (Fsp3) is 0.727. The van der Waals surface area contributed by atoms with Crippen LogP contribution in [0.1, 0.15) is 67.9 Å². The lowest BCUT2D eigenvalue weighted by molar-refractivity contribution is -0.158. The molecule has 0 radical (unpaired) electrons. The van der Waals surface area contributed by atoms with E-state index in [1.165, 1.54) is 0 Å². The molecule has 11 nitrogen and oxygen atoms in total. The van der Waals surface area contributed by atoms with Gasteiger partial charge in [-0.3, -0.25) is 34.0 Å². The lowest BCUT2D eigenvalue weighted by atomic mass is 10.2. The molecule has 0 unspecified atom stereocenters. The van der Waals surface area contributed by atoms with Crippen molar-refractivity contribution in [2.45, 2.75) is 85.7 Å². The summed E-state index contributed by atoms with van der Waals surface area (Å²) in [5.74, 6) is -0.870. The third-order valence-electron chi connectivity index (χ3n) is 6.63. The van der Waals surface area contributed by atoms with Gasteiger partial charge in [-0.1, -0.05) is 12.1 Å². The number of carbonyl (C=O) groups excluding carboxylic acids is 3. The maximum atomic E-state index is 12.8. The SMILES string of the molecule is CC(C)(C)OC(=O)CN1CCN(CC(=O)OC(C)(C)C)CCN(Cc2ccc(N)cc2)CCN(CC(=O)OC(C)(C)C)CC1. The van der Waals surface area contributed by atoms with Gasteiger partial charge in [-0.2, -0.15) is 0 Å². The first kappa shape index (κ1) is 37.5. The molecule has 1 aliphatic heterocycles. The van der Waals surface area contributed by atoms with Crippen LogP contribution in [-0.4, -0.2) is 126 Å². The summed E-state index contributed by atoms with van der Waals surface area (Å²) in [5.41, 5.74) is 6.01. The molecule has 0 atom stereocenters. The zero-order chi connectivity index (χ0) is 33.1. The summed E-state index contributed by atoms with van der Waals surface area (Å²) in [5, 5.41) is 0. The highest BCUT2D eigenvalue weighted by Gasteiger charge is 2.25. The van der Waals surface area contributed by atoms with Gasteiger partial charge in [0.05, 0.1) is 19.6 Å². The molecule has 0 aromatic heterocycles. The number of benzene rings is 1. The van der Waals surface area contributed by atoms with Crippen molar-refractivity contribution in [1.29, 1.82) is 0 Å². The summed E-state index contributed by atoms with van der Waals surface area (Å²) in [6.07, 6.45) is 0. The Morgan fingerprint density at radius 1 is 0.545 bits per heavy atom. The van der Waals surface area contributed by atoms with Gasteiger partial charge >= 0.3 is 17.9 Å². The van der Waals surface area contributed by atoms with Crippen molar-refractivity contribution in [3.63, 3.8) is 0 Å². The van der Waals surface area contributed by atoms with E-state index < -0.39 is 16.8 Å². The van der Waals surface area contributed by atoms with Crippen LogP contribution in [0.5, 0.6) is 0 Å². The molecule has 0 amide bonds. The van der Waals surface area contributed by atoms with Crippen molar-refractivity contribution in [3.05, 3.63) is 29.8 Å². The van der Waals surface area contributed by atoms with Crippen LogP contribution in [0.25, 0.3) is 0 Å². The molecule has 0 saturated carbocycles. The third-order valence-corrected chi connectivity index (χ3v) is 6.63. The third kappa shape index (κ3) is 16.9. The summed E-state index contributed by atoms with van der Waals surface area (Å²) in [7, 11) is 0. The van der Waals surface area contributed by atoms with Crippen molar-refractivity contribution in [3.8, 4) is 0 Å². The van der Waals surface area contributed by atoms with Crippen LogP contribution < -0.4 is 5.73 Å². The van der Waals surface area contributed by atoms with E-state index in [-0.39, 0.29) is 37.5 Å². The minimum Gasteiger partial charge on any atom is -0.459 e. The number of rotatable bonds is 8. The lowest BCUT2D eigenvalue weighted by Gasteiger charge is -2.34. The largest absolute Gasteiger partial charge is 0.459 e. The zero-order valence-electron chi connectivity index (χ0n) is 28.6. The van der Waals surface area contributed by atoms with Crippen LogP contribution in [0.2, 0.25) is 0 Å². The number of nitrogens with two attached hydrogens (primary N) is 1. The van der Waals surface area contributed by atoms with Crippen molar-refractivity contribution < 1.29 is 28.6 Å². The molecule has 0 aliphatic carbocycles. The second-order valence-corrected chi connectivity index (χ2v) is 14.6. The Balaban J connectivity index is 2.29. The standard InChI is InChI=1S/C33H57N5O6/c1-31(2,3)42-28(39)23-36-16-14-35(22-26-10-12-27(34)13-11-26)15-17-37(24-29(40)43-32(4,5)6)19-21-38(20-18-36)25-30(41)44-33(7,8)9/h10-13H,14-25,34H2,1-9H3. The highest BCUT2D eigenvalue weighted by molar-refractivity contribution is 5.73. The average Bonchev–Trinajstić information content (AvgIpc) is 2.83. The molecular formula is C33H57N5O6. The van der Waals surface area contributed by atoms with Crippen LogP contribution in [0, 0.1) is 0 Å². The summed E-state index contributed by atoms with van der Waals surface area (Å²) < 4.78 is 16.9. The maximum absolute atomic E-state index is 12.8. The minimum atomic E-state index is -0.594. The average molecular weight is 620 g/mol. The van der Waals surface area contributed by atoms with E-state index in [1.54, 1.807) is 0 Å². The molecule has 1 aromatic carbocycles. The Morgan fingerprint density at radius 3 is 1.09 bits per heavy atom. The number of hydrogen-bond donors (Lipinski definition) is 1. The summed E-state index contributed by atoms with van der Waals surface area (Å²) in [6, 6.07) is 7.84. The Morgan fingerprint density at radius 2 is 0.818 bits per heavy atom. The molecule has 1 fully saturated rings. The number of ether oxygens (including phenoxy) is 3. The van der Waals surface area contributed by atoms with E-state index >= 15 is 0 Å². The van der Waals surface area contributed by atoms with E-state index in [0.717, 1.165) is 5.56 Å². The van der Waals surface area contributed by atoms with Gasteiger partial charge in [0.15, 0.2) is 0 Å². The van der Waals surface area contributed by atoms with Crippen molar-refractivity contribution in [1.82, 2.24) is 19.6 Å². The molecular weight excluding hydrogens is 562 g/mol. The first-order valence-electron chi connectivity index (χ1n) is 15.7. The molecule has 1 saturated heterocycles. The first-order valence-corrected chi connectivity index (χ1v) is 15.7. The van der Waals surface area contributed by atoms with Gasteiger partial charge in [0.25, 0.3) is 0 Å². The number of nitrogen functional groups attached to an aromatic ring is 1. The molecule has 1 heterocycles. The van der Waals surface area contributed by atoms with E-state index in [4.69, 9.17) is 19.9 Å². The van der Waals surface area contributed by atoms with Gasteiger partial charge in [-0.15, -0.1) is 0 Å². The summed E-state index contributed by atoms with van der Waals surface area (Å²) >= 11 is 0. The fourth-order valence-electron chi connectivity index (χ4n) is 4.76. The molecule has 44 heavy (non-hydrogen) atoms. The van der Waals surface area contributed by atoms with Crippen LogP contribution in [0.3, 0.4) is 0 Å². The molecule has 0 spiro atoms. The predicted molar refractivity (Wildman–Crippen MR) is 173 cm³/mol. The fourth-order valence-corrected chi connectivity index (χ4v) is 4.76. The smallest absolute Gasteiger partial charge is 0.320 e. The molecule has 11 heteroatoms. The van der Waals surface area contributed by atoms with Gasteiger partial charge in [0, 0.05) is 64.6 Å². The normalized spacial score (nSPS) is 17.8. The highest BCUT2D eigenvalue weighted by atomic mass is 16.6. The molecule has 250 valence electrons. The lowest BCUT2D eigenvalue weighted by Crippen LogP contribution is -2.49. The van der Waals surface area contributed by atoms with E-state index in [9.17, 15) is 14.4 Å². The Hall–Kier alpha value is -2.73. The second kappa shape index (κ2) is 16.5. The number of hydrogen-bond acceptors (Lipinski definition) is 11. The van der Waals surface area contributed by atoms with Crippen molar-refractivity contribution >= 4 is 23.6 Å². The zero-order valence-corrected chi connectivity index (χ0v) is 28.6. The van der Waals surface area contributed by atoms with E-state index in [2.05, 4.69) is 14.7 Å². The summed E-state index contributed by atoms with van der Waals surface area (Å²) in [6.45, 7) is 22.7. The van der Waals surface area contributed by atoms with Gasteiger partial charge in [0.1, 0.15) is 16.8 Å². The topological polar surface area (TPSA) is 118 Å². The van der Waals surface area contributed by atoms with Gasteiger partial charge < -0.3 is 19.9 Å². The number of nitrogens with zero attached hydrogens (tertiary/aromatic N) is 4. The molecule has 0 bridgehead atoms. The molecule has 1 aliphatic rings. The van der Waals surface area contributed by atoms with Crippen LogP contribution in [0.4, 0.5) is 5.69 Å². The van der Waals surface area contributed by atoms with E-state index in [0.29, 0.717) is 64.6 Å². The monoisotopic (exact) mass is 619 g/mol. The first-order chi connectivity index (χ1) is 20.3. The second-order valence-electron chi connectivity index (χ2n) is 14.6.